The van der Waals surface area contributed by atoms with Crippen LogP contribution in [0.3, 0.4) is 0 Å². The summed E-state index contributed by atoms with van der Waals surface area (Å²) in [4.78, 5) is 25.4. The molecule has 2 heterocycles. The molecule has 3 rings (SSSR count). The molecule has 0 aliphatic heterocycles. The Labute approximate surface area is 169 Å². The number of esters is 1. The lowest BCUT2D eigenvalue weighted by molar-refractivity contribution is -0.141. The van der Waals surface area contributed by atoms with Crippen LogP contribution in [0.15, 0.2) is 52.4 Å². The van der Waals surface area contributed by atoms with Gasteiger partial charge in [0.2, 0.25) is 0 Å². The molecule has 0 spiro atoms. The van der Waals surface area contributed by atoms with E-state index >= 15 is 0 Å². The van der Waals surface area contributed by atoms with Crippen molar-refractivity contribution in [3.63, 3.8) is 0 Å². The fraction of sp³-hybridized carbons (Fsp3) is 0.211. The smallest absolute Gasteiger partial charge is 0.307 e. The van der Waals surface area contributed by atoms with E-state index in [1.54, 1.807) is 4.68 Å². The highest BCUT2D eigenvalue weighted by Crippen LogP contribution is 2.24. The number of methoxy groups -OCH3 is 1. The number of nitrogens with one attached hydrogen (secondary N) is 1. The van der Waals surface area contributed by atoms with E-state index in [2.05, 4.69) is 26.3 Å². The van der Waals surface area contributed by atoms with Gasteiger partial charge in [-0.25, -0.2) is 4.68 Å². The van der Waals surface area contributed by atoms with Crippen molar-refractivity contribution in [2.24, 2.45) is 0 Å². The van der Waals surface area contributed by atoms with Crippen LogP contribution in [-0.2, 0) is 9.53 Å². The number of carbonyl (C=O) groups excluding carboxylic acids is 2. The lowest BCUT2D eigenvalue weighted by atomic mass is 10.1. The van der Waals surface area contributed by atoms with Gasteiger partial charge in [-0.2, -0.15) is 5.10 Å². The quantitative estimate of drug-likeness (QED) is 0.578. The molecule has 0 aliphatic carbocycles. The minimum absolute atomic E-state index is 0.0721. The number of hydrogen-bond acceptors (Lipinski definition) is 5. The summed E-state index contributed by atoms with van der Waals surface area (Å²) in [5.74, 6) is -0.658. The third-order valence-corrected chi connectivity index (χ3v) is 5.63. The van der Waals surface area contributed by atoms with Crippen molar-refractivity contribution in [3.05, 3.63) is 68.6 Å². The molecule has 2 aromatic heterocycles. The Morgan fingerprint density at radius 1 is 1.30 bits per heavy atom. The van der Waals surface area contributed by atoms with Crippen LogP contribution >= 0.6 is 27.3 Å². The predicted octanol–water partition coefficient (Wildman–Crippen LogP) is 4.04. The van der Waals surface area contributed by atoms with Gasteiger partial charge in [0.25, 0.3) is 5.91 Å². The third kappa shape index (κ3) is 4.45. The number of aromatic nitrogens is 2. The molecule has 0 unspecified atom stereocenters. The Bertz CT molecular complexity index is 936. The first-order valence-corrected chi connectivity index (χ1v) is 9.88. The van der Waals surface area contributed by atoms with E-state index in [1.807, 2.05) is 48.7 Å². The summed E-state index contributed by atoms with van der Waals surface area (Å²) in [6.45, 7) is 1.84. The molecular formula is C19H18BrN3O3S. The van der Waals surface area contributed by atoms with Gasteiger partial charge in [0.1, 0.15) is 0 Å². The number of amides is 1. The first-order valence-electron chi connectivity index (χ1n) is 8.21. The van der Waals surface area contributed by atoms with Crippen LogP contribution in [0.4, 0.5) is 0 Å². The Hall–Kier alpha value is -2.45. The lowest BCUT2D eigenvalue weighted by Gasteiger charge is -2.16. The molecule has 1 aromatic carbocycles. The minimum Gasteiger partial charge on any atom is -0.469 e. The van der Waals surface area contributed by atoms with E-state index < -0.39 is 6.04 Å². The van der Waals surface area contributed by atoms with Crippen molar-refractivity contribution in [2.45, 2.75) is 19.4 Å². The van der Waals surface area contributed by atoms with E-state index in [0.29, 0.717) is 5.56 Å². The SMILES string of the molecule is COC(=O)C[C@@H](NC(=O)c1cnn(-c2ccc(Br)cc2)c1C)c1cccs1. The summed E-state index contributed by atoms with van der Waals surface area (Å²) in [6.07, 6.45) is 1.61. The summed E-state index contributed by atoms with van der Waals surface area (Å²) in [5.41, 5.74) is 2.04. The standard InChI is InChI=1S/C19H18BrN3O3S/c1-12-15(11-21-23(12)14-7-5-13(20)6-8-14)19(25)22-16(10-18(24)26-2)17-4-3-9-27-17/h3-9,11,16H,10H2,1-2H3,(H,22,25)/t16-/m1/s1. The number of benzene rings is 1. The maximum atomic E-state index is 12.8. The van der Waals surface area contributed by atoms with Crippen LogP contribution in [-0.4, -0.2) is 28.8 Å². The number of hydrogen-bond donors (Lipinski definition) is 1. The fourth-order valence-corrected chi connectivity index (χ4v) is 3.72. The normalized spacial score (nSPS) is 11.8. The van der Waals surface area contributed by atoms with E-state index in [9.17, 15) is 9.59 Å². The Balaban J connectivity index is 1.82. The van der Waals surface area contributed by atoms with Gasteiger partial charge >= 0.3 is 5.97 Å². The van der Waals surface area contributed by atoms with Crippen molar-refractivity contribution in [2.75, 3.05) is 7.11 Å². The van der Waals surface area contributed by atoms with Gasteiger partial charge in [-0.3, -0.25) is 9.59 Å². The molecule has 3 aromatic rings. The maximum absolute atomic E-state index is 12.8. The number of carbonyl (C=O) groups is 2. The van der Waals surface area contributed by atoms with Crippen LogP contribution in [0.1, 0.15) is 33.4 Å². The van der Waals surface area contributed by atoms with Crippen LogP contribution < -0.4 is 5.32 Å². The Morgan fingerprint density at radius 3 is 2.67 bits per heavy atom. The molecule has 1 atom stereocenters. The molecule has 0 aliphatic rings. The maximum Gasteiger partial charge on any atom is 0.307 e. The monoisotopic (exact) mass is 447 g/mol. The predicted molar refractivity (Wildman–Crippen MR) is 107 cm³/mol. The van der Waals surface area contributed by atoms with Crippen molar-refractivity contribution in [1.29, 1.82) is 0 Å². The molecule has 27 heavy (non-hydrogen) atoms. The Morgan fingerprint density at radius 2 is 2.04 bits per heavy atom. The van der Waals surface area contributed by atoms with E-state index in [0.717, 1.165) is 20.7 Å². The molecule has 0 fully saturated rings. The van der Waals surface area contributed by atoms with Gasteiger partial charge in [-0.1, -0.05) is 22.0 Å². The van der Waals surface area contributed by atoms with Gasteiger partial charge in [0, 0.05) is 9.35 Å². The van der Waals surface area contributed by atoms with Gasteiger partial charge in [0.05, 0.1) is 42.7 Å². The molecule has 1 amide bonds. The van der Waals surface area contributed by atoms with Gasteiger partial charge in [0.15, 0.2) is 0 Å². The fourth-order valence-electron chi connectivity index (χ4n) is 2.67. The summed E-state index contributed by atoms with van der Waals surface area (Å²) in [5, 5.41) is 9.17. The minimum atomic E-state index is -0.444. The van der Waals surface area contributed by atoms with Gasteiger partial charge < -0.3 is 10.1 Å². The average molecular weight is 448 g/mol. The molecular weight excluding hydrogens is 430 g/mol. The Kier molecular flexibility index (Phi) is 6.08. The number of thiophene rings is 1. The van der Waals surface area contributed by atoms with E-state index in [-0.39, 0.29) is 18.3 Å². The molecule has 6 nitrogen and oxygen atoms in total. The summed E-state index contributed by atoms with van der Waals surface area (Å²) in [6, 6.07) is 11.0. The summed E-state index contributed by atoms with van der Waals surface area (Å²) in [7, 11) is 1.34. The van der Waals surface area contributed by atoms with Crippen LogP contribution in [0.25, 0.3) is 5.69 Å². The first-order chi connectivity index (χ1) is 13.0. The van der Waals surface area contributed by atoms with Crippen molar-refractivity contribution >= 4 is 39.1 Å². The van der Waals surface area contributed by atoms with Crippen molar-refractivity contribution in [1.82, 2.24) is 15.1 Å². The highest BCUT2D eigenvalue weighted by Gasteiger charge is 2.23. The van der Waals surface area contributed by atoms with Crippen LogP contribution in [0.5, 0.6) is 0 Å². The van der Waals surface area contributed by atoms with Crippen LogP contribution in [0.2, 0.25) is 0 Å². The van der Waals surface area contributed by atoms with Crippen molar-refractivity contribution < 1.29 is 14.3 Å². The molecule has 0 saturated heterocycles. The lowest BCUT2D eigenvalue weighted by Crippen LogP contribution is -2.30. The highest BCUT2D eigenvalue weighted by molar-refractivity contribution is 9.10. The molecule has 8 heteroatoms. The topological polar surface area (TPSA) is 73.2 Å². The third-order valence-electron chi connectivity index (χ3n) is 4.12. The number of halogens is 1. The van der Waals surface area contributed by atoms with Gasteiger partial charge in [-0.15, -0.1) is 11.3 Å². The number of ether oxygens (including phenoxy) is 1. The highest BCUT2D eigenvalue weighted by atomic mass is 79.9. The average Bonchev–Trinajstić information content (AvgIpc) is 3.32. The van der Waals surface area contributed by atoms with Crippen LogP contribution in [0, 0.1) is 6.92 Å². The second kappa shape index (κ2) is 8.49. The zero-order valence-corrected chi connectivity index (χ0v) is 17.2. The van der Waals surface area contributed by atoms with E-state index in [4.69, 9.17) is 4.74 Å². The molecule has 140 valence electrons. The zero-order valence-electron chi connectivity index (χ0n) is 14.8. The zero-order chi connectivity index (χ0) is 19.4. The number of rotatable bonds is 6. The van der Waals surface area contributed by atoms with Crippen molar-refractivity contribution in [3.8, 4) is 5.69 Å². The second-order valence-electron chi connectivity index (χ2n) is 5.85. The molecule has 0 saturated carbocycles. The largest absolute Gasteiger partial charge is 0.469 e. The molecule has 0 radical (unpaired) electrons. The van der Waals surface area contributed by atoms with Gasteiger partial charge in [-0.05, 0) is 42.6 Å². The summed E-state index contributed by atoms with van der Waals surface area (Å²) < 4.78 is 7.43. The second-order valence-corrected chi connectivity index (χ2v) is 7.75. The van der Waals surface area contributed by atoms with E-state index in [1.165, 1.54) is 24.6 Å². The number of nitrogens with zero attached hydrogens (tertiary/aromatic N) is 2. The molecule has 1 N–H and O–H groups in total. The first kappa shape index (κ1) is 19.3. The molecule has 0 bridgehead atoms. The summed E-state index contributed by atoms with van der Waals surface area (Å²) >= 11 is 4.89.